The fraction of sp³-hybridized carbons (Fsp3) is 0.875. The van der Waals surface area contributed by atoms with E-state index in [1.54, 1.807) is 0 Å². The van der Waals surface area contributed by atoms with Crippen molar-refractivity contribution in [1.82, 2.24) is 9.80 Å². The third-order valence-corrected chi connectivity index (χ3v) is 5.16. The molecule has 7 heteroatoms. The molecule has 0 aromatic heterocycles. The Bertz CT molecular complexity index is 411. The Morgan fingerprint density at radius 3 is 2.57 bits per heavy atom. The van der Waals surface area contributed by atoms with Crippen molar-refractivity contribution in [3.63, 3.8) is 0 Å². The number of carbonyl (C=O) groups excluding carboxylic acids is 1. The normalized spacial score (nSPS) is 25.1. The second-order valence-electron chi connectivity index (χ2n) is 6.18. The summed E-state index contributed by atoms with van der Waals surface area (Å²) >= 11 is 6.15. The lowest BCUT2D eigenvalue weighted by molar-refractivity contribution is 0.105. The smallest absolute Gasteiger partial charge is 0.409 e. The van der Waals surface area contributed by atoms with Gasteiger partial charge in [-0.15, -0.1) is 0 Å². The monoisotopic (exact) mass is 345 g/mol. The molecule has 2 aliphatic rings. The van der Waals surface area contributed by atoms with Gasteiger partial charge in [-0.05, 0) is 52.1 Å². The number of rotatable bonds is 4. The Kier molecular flexibility index (Phi) is 7.43. The third kappa shape index (κ3) is 5.24. The van der Waals surface area contributed by atoms with Gasteiger partial charge in [-0.1, -0.05) is 16.8 Å². The number of carbonyl (C=O) groups is 1. The molecule has 1 unspecified atom stereocenters. The Labute approximate surface area is 143 Å². The highest BCUT2D eigenvalue weighted by Gasteiger charge is 2.29. The molecule has 2 fully saturated rings. The lowest BCUT2D eigenvalue weighted by atomic mass is 9.95. The number of nitrogens with zero attached hydrogens (tertiary/aromatic N) is 3. The zero-order chi connectivity index (χ0) is 16.7. The van der Waals surface area contributed by atoms with Crippen LogP contribution in [0.25, 0.3) is 0 Å². The first kappa shape index (κ1) is 18.3. The molecule has 0 aromatic rings. The van der Waals surface area contributed by atoms with Gasteiger partial charge in [0.15, 0.2) is 0 Å². The first-order chi connectivity index (χ1) is 11.2. The van der Waals surface area contributed by atoms with Crippen LogP contribution in [0.1, 0.15) is 39.0 Å². The molecule has 23 heavy (non-hydrogen) atoms. The number of halogens is 1. The summed E-state index contributed by atoms with van der Waals surface area (Å²) in [5.41, 5.74) is 0. The lowest BCUT2D eigenvalue weighted by Gasteiger charge is -2.36. The van der Waals surface area contributed by atoms with E-state index in [-0.39, 0.29) is 6.09 Å². The second kappa shape index (κ2) is 9.33. The minimum Gasteiger partial charge on any atom is -0.450 e. The van der Waals surface area contributed by atoms with Gasteiger partial charge in [0.05, 0.1) is 6.61 Å². The van der Waals surface area contributed by atoms with Crippen LogP contribution in [-0.4, -0.2) is 67.0 Å². The predicted octanol–water partition coefficient (Wildman–Crippen LogP) is 2.91. The zero-order valence-electron chi connectivity index (χ0n) is 14.2. The van der Waals surface area contributed by atoms with Gasteiger partial charge in [0.1, 0.15) is 12.3 Å². The molecule has 2 aliphatic heterocycles. The van der Waals surface area contributed by atoms with Gasteiger partial charge < -0.3 is 19.4 Å². The van der Waals surface area contributed by atoms with Crippen molar-refractivity contribution in [1.29, 1.82) is 0 Å². The highest BCUT2D eigenvalue weighted by atomic mass is 35.5. The van der Waals surface area contributed by atoms with Crippen LogP contribution in [0.4, 0.5) is 4.79 Å². The van der Waals surface area contributed by atoms with Crippen LogP contribution in [0.5, 0.6) is 0 Å². The molecule has 1 atom stereocenters. The van der Waals surface area contributed by atoms with Crippen LogP contribution in [0.2, 0.25) is 0 Å². The number of hydrogen-bond acceptors (Lipinski definition) is 5. The summed E-state index contributed by atoms with van der Waals surface area (Å²) < 4.78 is 5.11. The van der Waals surface area contributed by atoms with Crippen LogP contribution in [0.3, 0.4) is 0 Å². The number of amides is 1. The molecule has 1 amide bonds. The van der Waals surface area contributed by atoms with Crippen molar-refractivity contribution in [2.24, 2.45) is 11.1 Å². The maximum atomic E-state index is 11.9. The fourth-order valence-electron chi connectivity index (χ4n) is 3.51. The highest BCUT2D eigenvalue weighted by molar-refractivity contribution is 6.65. The Morgan fingerprint density at radius 2 is 1.91 bits per heavy atom. The van der Waals surface area contributed by atoms with Crippen molar-refractivity contribution in [3.05, 3.63) is 0 Å². The number of ether oxygens (including phenoxy) is 1. The molecule has 2 rings (SSSR count). The number of oxime groups is 1. The van der Waals surface area contributed by atoms with E-state index in [1.165, 1.54) is 7.11 Å². The Hall–Kier alpha value is -1.01. The first-order valence-electron chi connectivity index (χ1n) is 8.58. The maximum Gasteiger partial charge on any atom is 0.409 e. The van der Waals surface area contributed by atoms with Crippen LogP contribution in [0, 0.1) is 5.92 Å². The fourth-order valence-corrected chi connectivity index (χ4v) is 3.79. The molecule has 6 nitrogen and oxygen atoms in total. The van der Waals surface area contributed by atoms with Gasteiger partial charge in [-0.25, -0.2) is 4.79 Å². The quantitative estimate of drug-likeness (QED) is 0.580. The lowest BCUT2D eigenvalue weighted by Crippen LogP contribution is -2.43. The summed E-state index contributed by atoms with van der Waals surface area (Å²) in [7, 11) is 1.53. The molecular formula is C16H28ClN3O3. The number of likely N-dealkylation sites (tertiary alicyclic amines) is 2. The van der Waals surface area contributed by atoms with E-state index in [2.05, 4.69) is 10.1 Å². The summed E-state index contributed by atoms with van der Waals surface area (Å²) in [5.74, 6) is 0.315. The minimum absolute atomic E-state index is 0.172. The maximum absolute atomic E-state index is 11.9. The summed E-state index contributed by atoms with van der Waals surface area (Å²) in [6, 6.07) is 0.550. The molecule has 0 spiro atoms. The molecule has 0 aliphatic carbocycles. The number of hydrogen-bond donors (Lipinski definition) is 0. The van der Waals surface area contributed by atoms with E-state index in [9.17, 15) is 4.79 Å². The van der Waals surface area contributed by atoms with Gasteiger partial charge in [0, 0.05) is 25.0 Å². The molecule has 0 bridgehead atoms. The molecule has 0 N–H and O–H groups in total. The molecule has 2 saturated heterocycles. The first-order valence-corrected chi connectivity index (χ1v) is 8.95. The number of piperidine rings is 1. The molecule has 2 heterocycles. The third-order valence-electron chi connectivity index (χ3n) is 4.78. The van der Waals surface area contributed by atoms with Crippen molar-refractivity contribution in [2.75, 3.05) is 39.9 Å². The van der Waals surface area contributed by atoms with E-state index >= 15 is 0 Å². The molecule has 0 saturated carbocycles. The molecular weight excluding hydrogens is 318 g/mol. The van der Waals surface area contributed by atoms with E-state index in [1.807, 2.05) is 11.8 Å². The summed E-state index contributed by atoms with van der Waals surface area (Å²) in [6.07, 6.45) is 5.06. The van der Waals surface area contributed by atoms with Gasteiger partial charge in [0.2, 0.25) is 0 Å². The van der Waals surface area contributed by atoms with E-state index in [4.69, 9.17) is 21.2 Å². The summed E-state index contributed by atoms with van der Waals surface area (Å²) in [6.45, 7) is 5.94. The van der Waals surface area contributed by atoms with Crippen molar-refractivity contribution >= 4 is 22.9 Å². The van der Waals surface area contributed by atoms with Crippen molar-refractivity contribution < 1.29 is 14.4 Å². The van der Waals surface area contributed by atoms with Gasteiger partial charge >= 0.3 is 6.09 Å². The predicted molar refractivity (Wildman–Crippen MR) is 90.8 cm³/mol. The molecule has 0 radical (unpaired) electrons. The summed E-state index contributed by atoms with van der Waals surface area (Å²) in [4.78, 5) is 21.0. The van der Waals surface area contributed by atoms with Gasteiger partial charge in [-0.2, -0.15) is 0 Å². The van der Waals surface area contributed by atoms with Crippen molar-refractivity contribution in [3.8, 4) is 0 Å². The SMILES string of the molecule is CCOC(=O)N1CCCC(N2CCC(/C(Cl)=N\OC)CC2)CC1. The van der Waals surface area contributed by atoms with Crippen LogP contribution >= 0.6 is 11.6 Å². The zero-order valence-corrected chi connectivity index (χ0v) is 14.9. The average Bonchev–Trinajstić information content (AvgIpc) is 2.81. The van der Waals surface area contributed by atoms with Crippen LogP contribution in [-0.2, 0) is 9.57 Å². The average molecular weight is 346 g/mol. The minimum atomic E-state index is -0.172. The second-order valence-corrected chi connectivity index (χ2v) is 6.56. The summed E-state index contributed by atoms with van der Waals surface area (Å²) in [5, 5.41) is 4.44. The molecule has 132 valence electrons. The van der Waals surface area contributed by atoms with Crippen LogP contribution in [0.15, 0.2) is 5.16 Å². The van der Waals surface area contributed by atoms with E-state index in [0.717, 1.165) is 58.3 Å². The Balaban J connectivity index is 1.80. The van der Waals surface area contributed by atoms with E-state index < -0.39 is 0 Å². The standard InChI is InChI=1S/C16H28ClN3O3/c1-3-23-16(21)20-9-4-5-14(8-12-20)19-10-6-13(7-11-19)15(17)18-22-2/h13-14H,3-12H2,1-2H3/b18-15+. The highest BCUT2D eigenvalue weighted by Crippen LogP contribution is 2.26. The topological polar surface area (TPSA) is 54.4 Å². The van der Waals surface area contributed by atoms with Crippen LogP contribution < -0.4 is 0 Å². The molecule has 0 aromatic carbocycles. The van der Waals surface area contributed by atoms with E-state index in [0.29, 0.717) is 23.7 Å². The van der Waals surface area contributed by atoms with Gasteiger partial charge in [-0.3, -0.25) is 0 Å². The largest absolute Gasteiger partial charge is 0.450 e. The van der Waals surface area contributed by atoms with Crippen molar-refractivity contribution in [2.45, 2.75) is 45.1 Å². The van der Waals surface area contributed by atoms with Gasteiger partial charge in [0.25, 0.3) is 0 Å². The Morgan fingerprint density at radius 1 is 1.17 bits per heavy atom.